The summed E-state index contributed by atoms with van der Waals surface area (Å²) in [6, 6.07) is 20.6. The molecule has 30 heavy (non-hydrogen) atoms. The summed E-state index contributed by atoms with van der Waals surface area (Å²) in [5.74, 6) is 1.06. The number of fused-ring (bicyclic) bond motifs is 1. The minimum absolute atomic E-state index is 0.576. The molecule has 0 spiro atoms. The van der Waals surface area contributed by atoms with Gasteiger partial charge in [-0.15, -0.1) is 11.3 Å². The smallest absolute Gasteiger partial charge is 0.140 e. The van der Waals surface area contributed by atoms with Crippen LogP contribution in [-0.2, 0) is 0 Å². The lowest BCUT2D eigenvalue weighted by Crippen LogP contribution is -2.22. The first-order valence-electron chi connectivity index (χ1n) is 10.1. The van der Waals surface area contributed by atoms with Gasteiger partial charge in [0.25, 0.3) is 0 Å². The average Bonchev–Trinajstić information content (AvgIpc) is 3.51. The van der Waals surface area contributed by atoms with Crippen molar-refractivity contribution in [3.63, 3.8) is 0 Å². The second-order valence-corrected chi connectivity index (χ2v) is 8.45. The highest BCUT2D eigenvalue weighted by Crippen LogP contribution is 2.34. The largest absolute Gasteiger partial charge is 0.356 e. The van der Waals surface area contributed by atoms with Crippen molar-refractivity contribution >= 4 is 39.0 Å². The Balaban J connectivity index is 1.67. The van der Waals surface area contributed by atoms with Crippen LogP contribution in [-0.4, -0.2) is 27.9 Å². The number of nitrogens with zero attached hydrogens (tertiary/aromatic N) is 5. The number of nitriles is 1. The van der Waals surface area contributed by atoms with Crippen LogP contribution in [0.5, 0.6) is 0 Å². The van der Waals surface area contributed by atoms with E-state index in [-0.39, 0.29) is 0 Å². The van der Waals surface area contributed by atoms with Gasteiger partial charge in [-0.05, 0) is 50.1 Å². The molecule has 0 amide bonds. The summed E-state index contributed by atoms with van der Waals surface area (Å²) in [6.07, 6.45) is 4.31. The molecular weight excluding hydrogens is 390 g/mol. The van der Waals surface area contributed by atoms with Crippen molar-refractivity contribution in [1.29, 1.82) is 5.26 Å². The molecule has 6 heteroatoms. The van der Waals surface area contributed by atoms with Crippen molar-refractivity contribution in [3.05, 3.63) is 70.9 Å². The molecule has 0 radical (unpaired) electrons. The minimum Gasteiger partial charge on any atom is -0.356 e. The number of aryl methyl sites for hydroxylation is 1. The van der Waals surface area contributed by atoms with E-state index in [0.717, 1.165) is 51.1 Å². The van der Waals surface area contributed by atoms with E-state index in [0.29, 0.717) is 5.57 Å². The normalized spacial score (nSPS) is 14.4. The van der Waals surface area contributed by atoms with E-state index in [4.69, 9.17) is 5.10 Å². The summed E-state index contributed by atoms with van der Waals surface area (Å²) >= 11 is 1.55. The summed E-state index contributed by atoms with van der Waals surface area (Å²) < 4.78 is 3.10. The Morgan fingerprint density at radius 2 is 1.80 bits per heavy atom. The SMILES string of the molecule is Cc1nn(-c2ccccc2)c(N2CCCC2)c1/C=C(\C#N)c1nc2ccccc2s1. The topological polar surface area (TPSA) is 57.7 Å². The molecule has 0 unspecified atom stereocenters. The van der Waals surface area contributed by atoms with Crippen LogP contribution in [0.25, 0.3) is 27.6 Å². The molecule has 5 nitrogen and oxygen atoms in total. The molecule has 148 valence electrons. The van der Waals surface area contributed by atoms with Crippen LogP contribution in [0.2, 0.25) is 0 Å². The van der Waals surface area contributed by atoms with Gasteiger partial charge in [0.2, 0.25) is 0 Å². The van der Waals surface area contributed by atoms with Gasteiger partial charge in [-0.3, -0.25) is 0 Å². The lowest BCUT2D eigenvalue weighted by molar-refractivity contribution is 0.815. The Hall–Kier alpha value is -3.43. The quantitative estimate of drug-likeness (QED) is 0.419. The van der Waals surface area contributed by atoms with E-state index in [9.17, 15) is 5.26 Å². The van der Waals surface area contributed by atoms with E-state index >= 15 is 0 Å². The van der Waals surface area contributed by atoms with E-state index in [1.165, 1.54) is 12.8 Å². The monoisotopic (exact) mass is 411 g/mol. The van der Waals surface area contributed by atoms with Crippen molar-refractivity contribution in [2.75, 3.05) is 18.0 Å². The number of para-hydroxylation sites is 2. The van der Waals surface area contributed by atoms with Gasteiger partial charge in [0, 0.05) is 18.7 Å². The highest BCUT2D eigenvalue weighted by Gasteiger charge is 2.24. The lowest BCUT2D eigenvalue weighted by atomic mass is 10.1. The molecule has 2 aromatic heterocycles. The second kappa shape index (κ2) is 7.77. The van der Waals surface area contributed by atoms with Crippen LogP contribution in [0.4, 0.5) is 5.82 Å². The molecule has 1 fully saturated rings. The van der Waals surface area contributed by atoms with Crippen molar-refractivity contribution in [2.45, 2.75) is 19.8 Å². The van der Waals surface area contributed by atoms with E-state index in [2.05, 4.69) is 28.1 Å². The van der Waals surface area contributed by atoms with Gasteiger partial charge in [0.15, 0.2) is 0 Å². The molecule has 4 aromatic rings. The van der Waals surface area contributed by atoms with Gasteiger partial charge >= 0.3 is 0 Å². The fourth-order valence-corrected chi connectivity index (χ4v) is 4.88. The average molecular weight is 412 g/mol. The van der Waals surface area contributed by atoms with Gasteiger partial charge in [-0.2, -0.15) is 10.4 Å². The standard InChI is InChI=1S/C24H21N5S/c1-17-20(15-18(16-25)23-26-21-11-5-6-12-22(21)30-23)24(28-13-7-8-14-28)29(27-17)19-9-3-2-4-10-19/h2-6,9-12,15H,7-8,13-14H2,1H3/b18-15+. The summed E-state index contributed by atoms with van der Waals surface area (Å²) in [6.45, 7) is 4.02. The fraction of sp³-hybridized carbons (Fsp3) is 0.208. The predicted octanol–water partition coefficient (Wildman–Crippen LogP) is 5.45. The Kier molecular flexibility index (Phi) is 4.82. The van der Waals surface area contributed by atoms with E-state index in [1.807, 2.05) is 60.1 Å². The third kappa shape index (κ3) is 3.27. The molecule has 0 saturated carbocycles. The number of hydrogen-bond acceptors (Lipinski definition) is 5. The first-order chi connectivity index (χ1) is 14.7. The number of allylic oxidation sites excluding steroid dienone is 1. The molecule has 1 aliphatic rings. The van der Waals surface area contributed by atoms with Crippen molar-refractivity contribution in [3.8, 4) is 11.8 Å². The molecule has 1 saturated heterocycles. The summed E-state index contributed by atoms with van der Waals surface area (Å²) in [5, 5.41) is 15.5. The number of aromatic nitrogens is 3. The number of benzene rings is 2. The molecular formula is C24H21N5S. The van der Waals surface area contributed by atoms with E-state index < -0.39 is 0 Å². The highest BCUT2D eigenvalue weighted by molar-refractivity contribution is 7.19. The zero-order valence-electron chi connectivity index (χ0n) is 16.7. The van der Waals surface area contributed by atoms with Crippen molar-refractivity contribution < 1.29 is 0 Å². The Morgan fingerprint density at radius 3 is 2.53 bits per heavy atom. The van der Waals surface area contributed by atoms with E-state index in [1.54, 1.807) is 11.3 Å². The van der Waals surface area contributed by atoms with Crippen molar-refractivity contribution in [2.24, 2.45) is 0 Å². The number of anilines is 1. The Labute approximate surface area is 179 Å². The zero-order chi connectivity index (χ0) is 20.5. The zero-order valence-corrected chi connectivity index (χ0v) is 17.6. The molecule has 3 heterocycles. The lowest BCUT2D eigenvalue weighted by Gasteiger charge is -2.20. The molecule has 1 aliphatic heterocycles. The molecule has 5 rings (SSSR count). The second-order valence-electron chi connectivity index (χ2n) is 7.42. The van der Waals surface area contributed by atoms with Crippen molar-refractivity contribution in [1.82, 2.24) is 14.8 Å². The Bertz CT molecular complexity index is 1240. The van der Waals surface area contributed by atoms with Gasteiger partial charge in [-0.1, -0.05) is 30.3 Å². The van der Waals surface area contributed by atoms with Gasteiger partial charge in [0.05, 0.1) is 27.2 Å². The first-order valence-corrected chi connectivity index (χ1v) is 10.9. The van der Waals surface area contributed by atoms with Gasteiger partial charge in [0.1, 0.15) is 16.9 Å². The number of hydrogen-bond donors (Lipinski definition) is 0. The van der Waals surface area contributed by atoms with Gasteiger partial charge < -0.3 is 4.90 Å². The maximum absolute atomic E-state index is 9.94. The first kappa shape index (κ1) is 18.6. The fourth-order valence-electron chi connectivity index (χ4n) is 3.95. The van der Waals surface area contributed by atoms with Crippen LogP contribution in [0.15, 0.2) is 54.6 Å². The maximum Gasteiger partial charge on any atom is 0.140 e. The van der Waals surface area contributed by atoms with Crippen LogP contribution in [0.3, 0.4) is 0 Å². The Morgan fingerprint density at radius 1 is 1.07 bits per heavy atom. The molecule has 0 bridgehead atoms. The number of rotatable bonds is 4. The number of thiazole rings is 1. The minimum atomic E-state index is 0.576. The predicted molar refractivity (Wildman–Crippen MR) is 123 cm³/mol. The summed E-state index contributed by atoms with van der Waals surface area (Å²) in [5.41, 5.74) is 4.44. The molecule has 2 aromatic carbocycles. The third-order valence-corrected chi connectivity index (χ3v) is 6.49. The van der Waals surface area contributed by atoms with Gasteiger partial charge in [-0.25, -0.2) is 9.67 Å². The summed E-state index contributed by atoms with van der Waals surface area (Å²) in [7, 11) is 0. The third-order valence-electron chi connectivity index (χ3n) is 5.42. The summed E-state index contributed by atoms with van der Waals surface area (Å²) in [4.78, 5) is 7.07. The molecule has 0 N–H and O–H groups in total. The van der Waals surface area contributed by atoms with Crippen LogP contribution >= 0.6 is 11.3 Å². The van der Waals surface area contributed by atoms with Crippen LogP contribution in [0.1, 0.15) is 29.1 Å². The molecule has 0 atom stereocenters. The van der Waals surface area contributed by atoms with Crippen LogP contribution < -0.4 is 4.90 Å². The highest BCUT2D eigenvalue weighted by atomic mass is 32.1. The van der Waals surface area contributed by atoms with Crippen LogP contribution in [0, 0.1) is 18.3 Å². The molecule has 0 aliphatic carbocycles. The maximum atomic E-state index is 9.94.